The van der Waals surface area contributed by atoms with Gasteiger partial charge >= 0.3 is 0 Å². The Morgan fingerprint density at radius 2 is 2.07 bits per heavy atom. The summed E-state index contributed by atoms with van der Waals surface area (Å²) < 4.78 is 0. The normalized spacial score (nSPS) is 21.4. The van der Waals surface area contributed by atoms with Gasteiger partial charge in [-0.05, 0) is 51.7 Å². The second-order valence-electron chi connectivity index (χ2n) is 8.96. The zero-order chi connectivity index (χ0) is 21.1. The number of aliphatic hydroxyl groups is 1. The zero-order valence-corrected chi connectivity index (χ0v) is 18.8. The SMILES string of the molecule is Cc1cc(Nc2ncc(C)s2)cc(C2CCCN(C(=O)CC3(O)CCCCC3)C2)n1. The Bertz CT molecular complexity index is 891. The van der Waals surface area contributed by atoms with Crippen molar-refractivity contribution in [3.8, 4) is 0 Å². The van der Waals surface area contributed by atoms with Crippen molar-refractivity contribution in [3.63, 3.8) is 0 Å². The average Bonchev–Trinajstić information content (AvgIpc) is 3.12. The Morgan fingerprint density at radius 3 is 2.80 bits per heavy atom. The lowest BCUT2D eigenvalue weighted by Crippen LogP contribution is -2.44. The molecule has 1 saturated carbocycles. The summed E-state index contributed by atoms with van der Waals surface area (Å²) in [7, 11) is 0. The molecule has 2 fully saturated rings. The second-order valence-corrected chi connectivity index (χ2v) is 10.2. The number of aryl methyl sites for hydroxylation is 2. The van der Waals surface area contributed by atoms with Gasteiger partial charge in [0.25, 0.3) is 0 Å². The maximum atomic E-state index is 13.0. The van der Waals surface area contributed by atoms with E-state index in [-0.39, 0.29) is 18.2 Å². The molecule has 162 valence electrons. The van der Waals surface area contributed by atoms with Gasteiger partial charge in [0.05, 0.1) is 12.0 Å². The monoisotopic (exact) mass is 428 g/mol. The van der Waals surface area contributed by atoms with Crippen LogP contribution in [0.25, 0.3) is 0 Å². The lowest BCUT2D eigenvalue weighted by Gasteiger charge is -2.37. The quantitative estimate of drug-likeness (QED) is 0.722. The summed E-state index contributed by atoms with van der Waals surface area (Å²) in [6.07, 6.45) is 8.84. The predicted octanol–water partition coefficient (Wildman–Crippen LogP) is 4.69. The fourth-order valence-corrected chi connectivity index (χ4v) is 5.42. The van der Waals surface area contributed by atoms with E-state index in [0.29, 0.717) is 6.54 Å². The van der Waals surface area contributed by atoms with E-state index in [4.69, 9.17) is 4.98 Å². The Labute approximate surface area is 182 Å². The van der Waals surface area contributed by atoms with Gasteiger partial charge in [-0.1, -0.05) is 19.3 Å². The van der Waals surface area contributed by atoms with Crippen molar-refractivity contribution in [2.24, 2.45) is 0 Å². The van der Waals surface area contributed by atoms with Crippen LogP contribution in [0.15, 0.2) is 18.3 Å². The lowest BCUT2D eigenvalue weighted by atomic mass is 9.82. The number of carbonyl (C=O) groups excluding carboxylic acids is 1. The van der Waals surface area contributed by atoms with Crippen LogP contribution in [0.2, 0.25) is 0 Å². The van der Waals surface area contributed by atoms with Gasteiger partial charge in [0, 0.05) is 47.2 Å². The number of hydrogen-bond acceptors (Lipinski definition) is 6. The third-order valence-electron chi connectivity index (χ3n) is 6.30. The van der Waals surface area contributed by atoms with Crippen LogP contribution in [0.1, 0.15) is 73.5 Å². The van der Waals surface area contributed by atoms with Crippen LogP contribution in [0.4, 0.5) is 10.8 Å². The van der Waals surface area contributed by atoms with Crippen LogP contribution < -0.4 is 5.32 Å². The summed E-state index contributed by atoms with van der Waals surface area (Å²) in [6.45, 7) is 5.51. The van der Waals surface area contributed by atoms with E-state index in [1.807, 2.05) is 31.0 Å². The number of likely N-dealkylation sites (tertiary alicyclic amines) is 1. The minimum Gasteiger partial charge on any atom is -0.389 e. The Balaban J connectivity index is 1.44. The number of rotatable bonds is 5. The van der Waals surface area contributed by atoms with E-state index in [9.17, 15) is 9.90 Å². The molecule has 30 heavy (non-hydrogen) atoms. The van der Waals surface area contributed by atoms with Crippen molar-refractivity contribution >= 4 is 28.1 Å². The van der Waals surface area contributed by atoms with E-state index in [1.165, 1.54) is 4.88 Å². The van der Waals surface area contributed by atoms with E-state index < -0.39 is 5.60 Å². The molecule has 0 spiro atoms. The van der Waals surface area contributed by atoms with E-state index in [1.54, 1.807) is 11.3 Å². The van der Waals surface area contributed by atoms with Crippen molar-refractivity contribution in [2.45, 2.75) is 76.7 Å². The molecule has 1 atom stereocenters. The number of piperidine rings is 1. The Morgan fingerprint density at radius 1 is 1.27 bits per heavy atom. The van der Waals surface area contributed by atoms with E-state index in [2.05, 4.69) is 16.4 Å². The minimum atomic E-state index is -0.799. The molecule has 2 aromatic heterocycles. The van der Waals surface area contributed by atoms with E-state index in [0.717, 1.165) is 73.7 Å². The Hall–Kier alpha value is -1.99. The first-order valence-electron chi connectivity index (χ1n) is 11.1. The molecule has 4 rings (SSSR count). The van der Waals surface area contributed by atoms with Crippen LogP contribution >= 0.6 is 11.3 Å². The molecule has 2 aliphatic rings. The summed E-state index contributed by atoms with van der Waals surface area (Å²) in [5.41, 5.74) is 2.18. The van der Waals surface area contributed by atoms with Crippen LogP contribution in [0.3, 0.4) is 0 Å². The van der Waals surface area contributed by atoms with Gasteiger partial charge in [0.2, 0.25) is 5.91 Å². The predicted molar refractivity (Wildman–Crippen MR) is 120 cm³/mol. The maximum absolute atomic E-state index is 13.0. The highest BCUT2D eigenvalue weighted by atomic mass is 32.1. The smallest absolute Gasteiger partial charge is 0.225 e. The number of anilines is 2. The first-order chi connectivity index (χ1) is 14.4. The molecule has 2 N–H and O–H groups in total. The second kappa shape index (κ2) is 9.02. The summed E-state index contributed by atoms with van der Waals surface area (Å²) in [5.74, 6) is 0.315. The molecule has 3 heterocycles. The lowest BCUT2D eigenvalue weighted by molar-refractivity contribution is -0.139. The summed E-state index contributed by atoms with van der Waals surface area (Å²) >= 11 is 1.63. The molecule has 2 aromatic rings. The van der Waals surface area contributed by atoms with Crippen molar-refractivity contribution in [2.75, 3.05) is 18.4 Å². The van der Waals surface area contributed by atoms with Gasteiger partial charge in [-0.15, -0.1) is 11.3 Å². The van der Waals surface area contributed by atoms with Gasteiger partial charge in [0.1, 0.15) is 0 Å². The third-order valence-corrected chi connectivity index (χ3v) is 7.13. The third kappa shape index (κ3) is 5.19. The fourth-order valence-electron chi connectivity index (χ4n) is 4.74. The molecule has 0 aromatic carbocycles. The highest BCUT2D eigenvalue weighted by Crippen LogP contribution is 2.33. The summed E-state index contributed by atoms with van der Waals surface area (Å²) in [5, 5.41) is 15.1. The van der Waals surface area contributed by atoms with Gasteiger partial charge in [-0.2, -0.15) is 0 Å². The molecule has 1 unspecified atom stereocenters. The van der Waals surface area contributed by atoms with Crippen molar-refractivity contribution < 1.29 is 9.90 Å². The highest BCUT2D eigenvalue weighted by Gasteiger charge is 2.35. The van der Waals surface area contributed by atoms with Crippen LogP contribution in [-0.4, -0.2) is 44.6 Å². The number of pyridine rings is 1. The van der Waals surface area contributed by atoms with Gasteiger partial charge < -0.3 is 15.3 Å². The number of hydrogen-bond donors (Lipinski definition) is 2. The van der Waals surface area contributed by atoms with Crippen molar-refractivity contribution in [3.05, 3.63) is 34.6 Å². The molecule has 1 aliphatic heterocycles. The molecule has 6 nitrogen and oxygen atoms in total. The molecule has 1 saturated heterocycles. The number of aromatic nitrogens is 2. The maximum Gasteiger partial charge on any atom is 0.225 e. The topological polar surface area (TPSA) is 78.4 Å². The molecule has 1 amide bonds. The van der Waals surface area contributed by atoms with Gasteiger partial charge in [0.15, 0.2) is 5.13 Å². The summed E-state index contributed by atoms with van der Waals surface area (Å²) in [6, 6.07) is 4.13. The fraction of sp³-hybridized carbons (Fsp3) is 0.609. The number of carbonyl (C=O) groups is 1. The first kappa shape index (κ1) is 21.2. The Kier molecular flexibility index (Phi) is 6.39. The van der Waals surface area contributed by atoms with Crippen molar-refractivity contribution in [1.82, 2.24) is 14.9 Å². The molecule has 0 radical (unpaired) electrons. The molecule has 7 heteroatoms. The van der Waals surface area contributed by atoms with E-state index >= 15 is 0 Å². The number of amides is 1. The molecular formula is C23H32N4O2S. The van der Waals surface area contributed by atoms with Crippen LogP contribution in [0.5, 0.6) is 0 Å². The van der Waals surface area contributed by atoms with Crippen LogP contribution in [-0.2, 0) is 4.79 Å². The highest BCUT2D eigenvalue weighted by molar-refractivity contribution is 7.15. The number of thiazole rings is 1. The zero-order valence-electron chi connectivity index (χ0n) is 18.0. The largest absolute Gasteiger partial charge is 0.389 e. The molecule has 0 bridgehead atoms. The minimum absolute atomic E-state index is 0.0911. The standard InChI is InChI=1S/C23H32N4O2S/c1-16-11-19(26-22-24-14-17(2)30-22)12-20(25-16)18-7-6-10-27(15-18)21(28)13-23(29)8-4-3-5-9-23/h11-12,14,18,29H,3-10,13,15H2,1-2H3,(H,24,25,26). The van der Waals surface area contributed by atoms with Gasteiger partial charge in [-0.25, -0.2) is 4.98 Å². The average molecular weight is 429 g/mol. The van der Waals surface area contributed by atoms with Crippen LogP contribution in [0, 0.1) is 13.8 Å². The van der Waals surface area contributed by atoms with Crippen molar-refractivity contribution in [1.29, 1.82) is 0 Å². The van der Waals surface area contributed by atoms with Gasteiger partial charge in [-0.3, -0.25) is 9.78 Å². The summed E-state index contributed by atoms with van der Waals surface area (Å²) in [4.78, 5) is 25.2. The molecular weight excluding hydrogens is 396 g/mol. The number of nitrogens with zero attached hydrogens (tertiary/aromatic N) is 3. The number of nitrogens with one attached hydrogen (secondary N) is 1. The molecule has 1 aliphatic carbocycles. The first-order valence-corrected chi connectivity index (χ1v) is 11.9.